The summed E-state index contributed by atoms with van der Waals surface area (Å²) >= 11 is 0. The highest BCUT2D eigenvalue weighted by Gasteiger charge is 2.16. The average Bonchev–Trinajstić information content (AvgIpc) is 3.38. The lowest BCUT2D eigenvalue weighted by atomic mass is 9.92. The highest BCUT2D eigenvalue weighted by molar-refractivity contribution is 5.91. The Morgan fingerprint density at radius 1 is 0.172 bits per heavy atom. The second-order valence-corrected chi connectivity index (χ2v) is 16.2. The van der Waals surface area contributed by atoms with Gasteiger partial charge in [0, 0.05) is 34.1 Å². The summed E-state index contributed by atoms with van der Waals surface area (Å²) in [5.41, 5.74) is 16.3. The molecule has 0 unspecified atom stereocenters. The molecule has 0 aliphatic rings. The van der Waals surface area contributed by atoms with Crippen LogP contribution in [0.25, 0.3) is 66.1 Å². The van der Waals surface area contributed by atoms with Crippen molar-refractivity contribution in [3.63, 3.8) is 0 Å². The maximum atomic E-state index is 2.33. The predicted octanol–water partition coefficient (Wildman–Crippen LogP) is 17.6. The molecule has 11 rings (SSSR count). The fourth-order valence-corrected chi connectivity index (χ4v) is 8.96. The monoisotopic (exact) mass is 816 g/mol. The van der Waals surface area contributed by atoms with Crippen molar-refractivity contribution in [2.75, 3.05) is 9.80 Å². The van der Waals surface area contributed by atoms with Crippen molar-refractivity contribution in [1.82, 2.24) is 0 Å². The third-order valence-electron chi connectivity index (χ3n) is 12.2. The van der Waals surface area contributed by atoms with E-state index in [-0.39, 0.29) is 0 Å². The second-order valence-electron chi connectivity index (χ2n) is 16.2. The summed E-state index contributed by atoms with van der Waals surface area (Å²) in [7, 11) is 0. The molecule has 0 saturated carbocycles. The number of benzene rings is 11. The van der Waals surface area contributed by atoms with Crippen LogP contribution in [0.4, 0.5) is 34.1 Å². The number of nitrogens with zero attached hydrogens (tertiary/aromatic N) is 2. The van der Waals surface area contributed by atoms with Crippen LogP contribution in [-0.2, 0) is 0 Å². The lowest BCUT2D eigenvalue weighted by Crippen LogP contribution is -2.09. The largest absolute Gasteiger partial charge is 0.310 e. The number of hydrogen-bond acceptors (Lipinski definition) is 2. The number of fused-ring (bicyclic) bond motifs is 2. The minimum absolute atomic E-state index is 1.12. The van der Waals surface area contributed by atoms with E-state index in [2.05, 4.69) is 277 Å². The summed E-state index contributed by atoms with van der Waals surface area (Å²) in [6, 6.07) is 96.1. The van der Waals surface area contributed by atoms with Crippen LogP contribution in [0.3, 0.4) is 0 Å². The fraction of sp³-hybridized carbons (Fsp3) is 0. The Morgan fingerprint density at radius 3 is 0.812 bits per heavy atom. The zero-order valence-corrected chi connectivity index (χ0v) is 35.3. The standard InChI is InChI=1S/C62H44N2/c1-3-17-55(18-4-1)63(59-41-35-45-13-7-9-15-53(45)43-59)57-37-31-49(32-38-57)47-23-27-51(28-24-47)61-21-11-12-22-62(61)52-29-25-48(26-30-52)50-33-39-58(40-34-50)64(56-19-5-2-6-20-56)60-42-36-46-14-8-10-16-54(46)44-60/h1-44H. The second kappa shape index (κ2) is 17.1. The minimum Gasteiger partial charge on any atom is -0.310 e. The Bertz CT molecular complexity index is 3110. The van der Waals surface area contributed by atoms with Crippen molar-refractivity contribution >= 4 is 55.7 Å². The molecule has 0 amide bonds. The highest BCUT2D eigenvalue weighted by atomic mass is 15.1. The smallest absolute Gasteiger partial charge is 0.0468 e. The van der Waals surface area contributed by atoms with Gasteiger partial charge >= 0.3 is 0 Å². The maximum absolute atomic E-state index is 2.33. The molecule has 0 bridgehead atoms. The molecular weight excluding hydrogens is 773 g/mol. The van der Waals surface area contributed by atoms with Crippen molar-refractivity contribution in [1.29, 1.82) is 0 Å². The Balaban J connectivity index is 0.830. The summed E-state index contributed by atoms with van der Waals surface area (Å²) in [5.74, 6) is 0. The summed E-state index contributed by atoms with van der Waals surface area (Å²) in [6.45, 7) is 0. The van der Waals surface area contributed by atoms with Gasteiger partial charge in [-0.25, -0.2) is 0 Å². The van der Waals surface area contributed by atoms with Gasteiger partial charge in [-0.1, -0.05) is 194 Å². The van der Waals surface area contributed by atoms with Crippen LogP contribution in [0.15, 0.2) is 267 Å². The molecular formula is C62H44N2. The summed E-state index contributed by atoms with van der Waals surface area (Å²) < 4.78 is 0. The first-order chi connectivity index (χ1) is 31.7. The van der Waals surface area contributed by atoms with Gasteiger partial charge in [-0.2, -0.15) is 0 Å². The van der Waals surface area contributed by atoms with Gasteiger partial charge in [0.05, 0.1) is 0 Å². The lowest BCUT2D eigenvalue weighted by Gasteiger charge is -2.26. The normalized spacial score (nSPS) is 11.1. The van der Waals surface area contributed by atoms with E-state index >= 15 is 0 Å². The number of para-hydroxylation sites is 2. The first-order valence-electron chi connectivity index (χ1n) is 21.9. The van der Waals surface area contributed by atoms with Crippen LogP contribution in [-0.4, -0.2) is 0 Å². The molecule has 0 aliphatic heterocycles. The van der Waals surface area contributed by atoms with E-state index in [0.717, 1.165) is 34.1 Å². The molecule has 302 valence electrons. The van der Waals surface area contributed by atoms with Crippen molar-refractivity contribution < 1.29 is 0 Å². The van der Waals surface area contributed by atoms with Gasteiger partial charge in [0.2, 0.25) is 0 Å². The molecule has 0 saturated heterocycles. The molecule has 0 radical (unpaired) electrons. The third kappa shape index (κ3) is 7.70. The van der Waals surface area contributed by atoms with Crippen LogP contribution in [0.1, 0.15) is 0 Å². The van der Waals surface area contributed by atoms with Gasteiger partial charge in [-0.05, 0) is 139 Å². The van der Waals surface area contributed by atoms with E-state index in [4.69, 9.17) is 0 Å². The third-order valence-corrected chi connectivity index (χ3v) is 12.2. The Morgan fingerprint density at radius 2 is 0.438 bits per heavy atom. The van der Waals surface area contributed by atoms with E-state index < -0.39 is 0 Å². The molecule has 11 aromatic carbocycles. The van der Waals surface area contributed by atoms with E-state index in [1.807, 2.05) is 0 Å². The van der Waals surface area contributed by atoms with Crippen LogP contribution in [0, 0.1) is 0 Å². The first kappa shape index (κ1) is 38.5. The number of anilines is 6. The van der Waals surface area contributed by atoms with Crippen molar-refractivity contribution in [3.8, 4) is 44.5 Å². The first-order valence-corrected chi connectivity index (χ1v) is 21.9. The summed E-state index contributed by atoms with van der Waals surface area (Å²) in [5, 5.41) is 4.92. The molecule has 0 atom stereocenters. The summed E-state index contributed by atoms with van der Waals surface area (Å²) in [6.07, 6.45) is 0. The molecule has 11 aromatic rings. The number of rotatable bonds is 10. The molecule has 2 nitrogen and oxygen atoms in total. The van der Waals surface area contributed by atoms with E-state index in [1.165, 1.54) is 66.1 Å². The van der Waals surface area contributed by atoms with E-state index in [0.29, 0.717) is 0 Å². The molecule has 64 heavy (non-hydrogen) atoms. The average molecular weight is 817 g/mol. The van der Waals surface area contributed by atoms with Crippen molar-refractivity contribution in [2.45, 2.75) is 0 Å². The molecule has 0 heterocycles. The van der Waals surface area contributed by atoms with Gasteiger partial charge in [-0.3, -0.25) is 0 Å². The molecule has 0 aromatic heterocycles. The molecule has 0 fully saturated rings. The van der Waals surface area contributed by atoms with E-state index in [1.54, 1.807) is 0 Å². The minimum atomic E-state index is 1.12. The molecule has 0 N–H and O–H groups in total. The molecule has 0 spiro atoms. The van der Waals surface area contributed by atoms with Gasteiger partial charge in [0.25, 0.3) is 0 Å². The van der Waals surface area contributed by atoms with Crippen LogP contribution >= 0.6 is 0 Å². The van der Waals surface area contributed by atoms with Gasteiger partial charge in [0.1, 0.15) is 0 Å². The number of hydrogen-bond donors (Lipinski definition) is 0. The Kier molecular flexibility index (Phi) is 10.3. The summed E-state index contributed by atoms with van der Waals surface area (Å²) in [4.78, 5) is 4.65. The quantitative estimate of drug-likeness (QED) is 0.136. The van der Waals surface area contributed by atoms with Crippen LogP contribution in [0.5, 0.6) is 0 Å². The Labute approximate surface area is 375 Å². The van der Waals surface area contributed by atoms with Crippen LogP contribution in [0.2, 0.25) is 0 Å². The Hall–Kier alpha value is -8.46. The molecule has 2 heteroatoms. The predicted molar refractivity (Wildman–Crippen MR) is 273 cm³/mol. The zero-order valence-electron chi connectivity index (χ0n) is 35.3. The fourth-order valence-electron chi connectivity index (χ4n) is 8.96. The SMILES string of the molecule is c1ccc(N(c2ccc(-c3ccc(-c4ccccc4-c4ccc(-c5ccc(N(c6ccccc6)c6ccc7ccccc7c6)cc5)cc4)cc3)cc2)c2ccc3ccccc3c2)cc1. The van der Waals surface area contributed by atoms with Gasteiger partial charge in [0.15, 0.2) is 0 Å². The van der Waals surface area contributed by atoms with Crippen molar-refractivity contribution in [2.24, 2.45) is 0 Å². The van der Waals surface area contributed by atoms with Gasteiger partial charge in [-0.15, -0.1) is 0 Å². The molecule has 0 aliphatic carbocycles. The van der Waals surface area contributed by atoms with E-state index in [9.17, 15) is 0 Å². The van der Waals surface area contributed by atoms with Crippen molar-refractivity contribution in [3.05, 3.63) is 267 Å². The lowest BCUT2D eigenvalue weighted by molar-refractivity contribution is 1.29. The highest BCUT2D eigenvalue weighted by Crippen LogP contribution is 2.40. The topological polar surface area (TPSA) is 6.48 Å². The maximum Gasteiger partial charge on any atom is 0.0468 e. The van der Waals surface area contributed by atoms with Crippen LogP contribution < -0.4 is 9.80 Å². The zero-order chi connectivity index (χ0) is 42.7. The van der Waals surface area contributed by atoms with Gasteiger partial charge < -0.3 is 9.80 Å².